The van der Waals surface area contributed by atoms with Crippen LogP contribution in [0.3, 0.4) is 0 Å². The average molecular weight is 233 g/mol. The topological polar surface area (TPSA) is 63.2 Å². The molecule has 1 aliphatic heterocycles. The summed E-state index contributed by atoms with van der Waals surface area (Å²) in [5.74, 6) is 0.192. The van der Waals surface area contributed by atoms with E-state index in [4.69, 9.17) is 0 Å². The minimum absolute atomic E-state index is 0.00206. The molecule has 0 aliphatic carbocycles. The molecule has 4 nitrogen and oxygen atoms in total. The van der Waals surface area contributed by atoms with Gasteiger partial charge in [0.1, 0.15) is 15.6 Å². The predicted molar refractivity (Wildman–Crippen MR) is 59.5 cm³/mol. The number of carbonyl (C=O) groups excluding carboxylic acids is 1. The monoisotopic (exact) mass is 233 g/mol. The molecule has 1 heterocycles. The first-order valence-electron chi connectivity index (χ1n) is 5.34. The highest BCUT2D eigenvalue weighted by atomic mass is 32.2. The molecule has 1 N–H and O–H groups in total. The standard InChI is InChI=1S/C10H19NO3S/c1-3-15(13,14)7-4-9(12)10(2)5-6-11-8-10/h11H,3-8H2,1-2H3. The molecule has 1 unspecified atom stereocenters. The molecule has 0 saturated carbocycles. The molecule has 15 heavy (non-hydrogen) atoms. The van der Waals surface area contributed by atoms with Crippen molar-refractivity contribution >= 4 is 15.6 Å². The van der Waals surface area contributed by atoms with Gasteiger partial charge in [0, 0.05) is 24.1 Å². The van der Waals surface area contributed by atoms with Crippen molar-refractivity contribution in [2.24, 2.45) is 5.41 Å². The lowest BCUT2D eigenvalue weighted by Gasteiger charge is -2.20. The van der Waals surface area contributed by atoms with Gasteiger partial charge in [-0.15, -0.1) is 0 Å². The molecule has 1 aliphatic rings. The minimum Gasteiger partial charge on any atom is -0.316 e. The van der Waals surface area contributed by atoms with Crippen molar-refractivity contribution in [3.8, 4) is 0 Å². The SMILES string of the molecule is CCS(=O)(=O)CCC(=O)C1(C)CCNC1. The van der Waals surface area contributed by atoms with Gasteiger partial charge >= 0.3 is 0 Å². The summed E-state index contributed by atoms with van der Waals surface area (Å²) in [6.45, 7) is 5.05. The molecular weight excluding hydrogens is 214 g/mol. The Morgan fingerprint density at radius 3 is 2.60 bits per heavy atom. The maximum absolute atomic E-state index is 11.8. The van der Waals surface area contributed by atoms with Crippen molar-refractivity contribution in [2.45, 2.75) is 26.7 Å². The Hall–Kier alpha value is -0.420. The number of rotatable bonds is 5. The zero-order valence-corrected chi connectivity index (χ0v) is 10.2. The van der Waals surface area contributed by atoms with Gasteiger partial charge in [-0.05, 0) is 13.0 Å². The van der Waals surface area contributed by atoms with E-state index in [2.05, 4.69) is 5.32 Å². The van der Waals surface area contributed by atoms with Crippen LogP contribution in [0.25, 0.3) is 0 Å². The molecule has 5 heteroatoms. The molecule has 1 atom stereocenters. The van der Waals surface area contributed by atoms with Gasteiger partial charge in [-0.1, -0.05) is 13.8 Å². The van der Waals surface area contributed by atoms with Crippen molar-refractivity contribution < 1.29 is 13.2 Å². The van der Waals surface area contributed by atoms with Crippen LogP contribution in [0.5, 0.6) is 0 Å². The van der Waals surface area contributed by atoms with Gasteiger partial charge < -0.3 is 5.32 Å². The van der Waals surface area contributed by atoms with Crippen molar-refractivity contribution in [2.75, 3.05) is 24.6 Å². The van der Waals surface area contributed by atoms with Gasteiger partial charge in [0.25, 0.3) is 0 Å². The first kappa shape index (κ1) is 12.6. The van der Waals surface area contributed by atoms with Gasteiger partial charge in [0.05, 0.1) is 5.75 Å². The maximum Gasteiger partial charge on any atom is 0.150 e. The number of sulfone groups is 1. The second kappa shape index (κ2) is 4.61. The van der Waals surface area contributed by atoms with E-state index in [1.54, 1.807) is 6.92 Å². The first-order chi connectivity index (χ1) is 6.90. The van der Waals surface area contributed by atoms with Crippen LogP contribution in [0.4, 0.5) is 0 Å². The predicted octanol–water partition coefficient (Wildman–Crippen LogP) is 0.380. The van der Waals surface area contributed by atoms with E-state index in [9.17, 15) is 13.2 Å². The van der Waals surface area contributed by atoms with Crippen LogP contribution in [0.2, 0.25) is 0 Å². The molecule has 0 amide bonds. The summed E-state index contributed by atoms with van der Waals surface area (Å²) < 4.78 is 22.5. The van der Waals surface area contributed by atoms with E-state index in [1.165, 1.54) is 0 Å². The van der Waals surface area contributed by atoms with Crippen molar-refractivity contribution in [1.82, 2.24) is 5.32 Å². The van der Waals surface area contributed by atoms with Crippen molar-refractivity contribution in [3.63, 3.8) is 0 Å². The summed E-state index contributed by atoms with van der Waals surface area (Å²) >= 11 is 0. The van der Waals surface area contributed by atoms with Crippen LogP contribution in [-0.4, -0.2) is 38.8 Å². The summed E-state index contributed by atoms with van der Waals surface area (Å²) in [5, 5.41) is 3.13. The average Bonchev–Trinajstić information content (AvgIpc) is 2.63. The minimum atomic E-state index is -3.01. The van der Waals surface area contributed by atoms with Gasteiger partial charge in [-0.3, -0.25) is 4.79 Å². The van der Waals surface area contributed by atoms with Crippen LogP contribution >= 0.6 is 0 Å². The molecule has 0 aromatic heterocycles. The molecule has 0 aromatic rings. The molecule has 88 valence electrons. The van der Waals surface area contributed by atoms with Crippen LogP contribution in [0.15, 0.2) is 0 Å². The zero-order valence-electron chi connectivity index (χ0n) is 9.38. The van der Waals surface area contributed by atoms with E-state index in [0.29, 0.717) is 6.54 Å². The third kappa shape index (κ3) is 3.28. The molecule has 0 spiro atoms. The summed E-state index contributed by atoms with van der Waals surface area (Å²) in [7, 11) is -3.01. The molecule has 1 rings (SSSR count). The van der Waals surface area contributed by atoms with Crippen LogP contribution in [0.1, 0.15) is 26.7 Å². The van der Waals surface area contributed by atoms with Crippen LogP contribution in [-0.2, 0) is 14.6 Å². The number of ketones is 1. The van der Waals surface area contributed by atoms with Crippen molar-refractivity contribution in [1.29, 1.82) is 0 Å². The highest BCUT2D eigenvalue weighted by Crippen LogP contribution is 2.27. The third-order valence-electron chi connectivity index (χ3n) is 3.12. The van der Waals surface area contributed by atoms with E-state index in [0.717, 1.165) is 13.0 Å². The largest absolute Gasteiger partial charge is 0.316 e. The van der Waals surface area contributed by atoms with Crippen LogP contribution < -0.4 is 5.32 Å². The second-order valence-electron chi connectivity index (χ2n) is 4.40. The summed E-state index contributed by atoms with van der Waals surface area (Å²) in [6.07, 6.45) is 0.979. The molecule has 0 bridgehead atoms. The summed E-state index contributed by atoms with van der Waals surface area (Å²) in [5.41, 5.74) is -0.344. The van der Waals surface area contributed by atoms with E-state index in [-0.39, 0.29) is 29.1 Å². The van der Waals surface area contributed by atoms with Crippen LogP contribution in [0, 0.1) is 5.41 Å². The Morgan fingerprint density at radius 2 is 2.13 bits per heavy atom. The zero-order chi connectivity index (χ0) is 11.5. The van der Waals surface area contributed by atoms with E-state index >= 15 is 0 Å². The lowest BCUT2D eigenvalue weighted by Crippen LogP contribution is -2.31. The highest BCUT2D eigenvalue weighted by molar-refractivity contribution is 7.91. The first-order valence-corrected chi connectivity index (χ1v) is 7.16. The lowest BCUT2D eigenvalue weighted by molar-refractivity contribution is -0.126. The Labute approximate surface area is 91.4 Å². The number of nitrogens with one attached hydrogen (secondary N) is 1. The maximum atomic E-state index is 11.8. The van der Waals surface area contributed by atoms with E-state index in [1.807, 2.05) is 6.92 Å². The molecular formula is C10H19NO3S. The van der Waals surface area contributed by atoms with Gasteiger partial charge in [0.15, 0.2) is 0 Å². The number of Topliss-reactive ketones (excluding diaryl/α,β-unsaturated/α-hetero) is 1. The molecule has 0 aromatic carbocycles. The van der Waals surface area contributed by atoms with Gasteiger partial charge in [-0.25, -0.2) is 8.42 Å². The van der Waals surface area contributed by atoms with Gasteiger partial charge in [-0.2, -0.15) is 0 Å². The van der Waals surface area contributed by atoms with Gasteiger partial charge in [0.2, 0.25) is 0 Å². The molecule has 1 fully saturated rings. The van der Waals surface area contributed by atoms with Crippen molar-refractivity contribution in [3.05, 3.63) is 0 Å². The Balaban J connectivity index is 2.49. The third-order valence-corrected chi connectivity index (χ3v) is 4.83. The lowest BCUT2D eigenvalue weighted by atomic mass is 9.84. The second-order valence-corrected chi connectivity index (χ2v) is 6.87. The fraction of sp³-hybridized carbons (Fsp3) is 0.900. The number of hydrogen-bond donors (Lipinski definition) is 1. The fourth-order valence-electron chi connectivity index (χ4n) is 1.75. The normalized spacial score (nSPS) is 26.8. The Morgan fingerprint density at radius 1 is 1.47 bits per heavy atom. The molecule has 1 saturated heterocycles. The Kier molecular flexibility index (Phi) is 3.89. The summed E-state index contributed by atoms with van der Waals surface area (Å²) in [6, 6.07) is 0. The smallest absolute Gasteiger partial charge is 0.150 e. The fourth-order valence-corrected chi connectivity index (χ4v) is 2.53. The van der Waals surface area contributed by atoms with E-state index < -0.39 is 9.84 Å². The number of carbonyl (C=O) groups is 1. The molecule has 0 radical (unpaired) electrons. The summed E-state index contributed by atoms with van der Waals surface area (Å²) in [4.78, 5) is 11.8. The quantitative estimate of drug-likeness (QED) is 0.745. The Bertz CT molecular complexity index is 329. The highest BCUT2D eigenvalue weighted by Gasteiger charge is 2.35. The number of hydrogen-bond acceptors (Lipinski definition) is 4.